The fourth-order valence-corrected chi connectivity index (χ4v) is 12.7. The zero-order valence-corrected chi connectivity index (χ0v) is 39.7. The Morgan fingerprint density at radius 1 is 0.692 bits per heavy atom. The summed E-state index contributed by atoms with van der Waals surface area (Å²) < 4.78 is 17.1. The molecule has 0 heterocycles. The van der Waals surface area contributed by atoms with Gasteiger partial charge in [-0.3, -0.25) is 19.7 Å². The average molecular weight is 888 g/mol. The molecule has 3 aromatic rings. The van der Waals surface area contributed by atoms with E-state index in [2.05, 4.69) is 40.7 Å². The van der Waals surface area contributed by atoms with E-state index in [-0.39, 0.29) is 34.7 Å². The number of hydrogen-bond acceptors (Lipinski definition) is 8. The molecular weight excluding hydrogens is 815 g/mol. The number of hydrogen-bond donors (Lipinski definition) is 0. The number of rotatable bonds is 20. The number of allylic oxidation sites excluding steroid dienone is 1. The topological polar surface area (TPSA) is 122 Å². The number of carbonyl (C=O) groups excluding carboxylic acids is 3. The first-order chi connectivity index (χ1) is 31.2. The summed E-state index contributed by atoms with van der Waals surface area (Å²) >= 11 is 0. The highest BCUT2D eigenvalue weighted by Crippen LogP contribution is 2.67. The first-order valence-electron chi connectivity index (χ1n) is 25.0. The van der Waals surface area contributed by atoms with Crippen LogP contribution in [0.4, 0.5) is 5.69 Å². The highest BCUT2D eigenvalue weighted by Gasteiger charge is 2.59. The number of fused-ring (bicyclic) bond motifs is 5. The molecule has 9 nitrogen and oxygen atoms in total. The second kappa shape index (κ2) is 21.7. The number of nitro groups is 1. The van der Waals surface area contributed by atoms with Gasteiger partial charge in [-0.1, -0.05) is 115 Å². The molecule has 0 aliphatic heterocycles. The molecule has 0 aromatic heterocycles. The van der Waals surface area contributed by atoms with Crippen LogP contribution in [0.3, 0.4) is 0 Å². The van der Waals surface area contributed by atoms with Crippen LogP contribution in [0.2, 0.25) is 0 Å². The first-order valence-corrected chi connectivity index (χ1v) is 25.0. The van der Waals surface area contributed by atoms with Gasteiger partial charge in [0.1, 0.15) is 17.6 Å². The number of nitro benzene ring substituents is 1. The largest absolute Gasteiger partial charge is 0.462 e. The number of nitrogens with zero attached hydrogens (tertiary/aromatic N) is 1. The minimum Gasteiger partial charge on any atom is -0.462 e. The first kappa shape index (κ1) is 48.2. The van der Waals surface area contributed by atoms with Crippen molar-refractivity contribution in [3.63, 3.8) is 0 Å². The zero-order chi connectivity index (χ0) is 46.1. The van der Waals surface area contributed by atoms with Crippen molar-refractivity contribution in [2.75, 3.05) is 0 Å². The third-order valence-corrected chi connectivity index (χ3v) is 16.4. The van der Waals surface area contributed by atoms with Crippen molar-refractivity contribution in [3.8, 4) is 22.6 Å². The minimum absolute atomic E-state index is 0.0185. The van der Waals surface area contributed by atoms with Gasteiger partial charge in [-0.2, -0.15) is 0 Å². The van der Waals surface area contributed by atoms with E-state index in [1.807, 2.05) is 24.3 Å². The molecule has 350 valence electrons. The standard InChI is InChI=1S/C56H73NO8/c1-38(2)13-12-14-39(3)49-31-32-50-48-30-23-43-37-47(33-35-55(43,4)51(48)34-36-56(49,50)5)64-53(59)16-11-9-7-6-8-10-15-52(58)63-45-26-19-40(20-27-45)41-21-28-46(29-22-41)65-54(60)42-17-24-44(25-18-42)57(61)62/h17-29,38-39,47-51H,6-16,30-37H2,1-5H3/t39-,47?,48+,49-,50+,51+,55+,56-/m1/s1. The van der Waals surface area contributed by atoms with Gasteiger partial charge in [0.25, 0.3) is 5.69 Å². The maximum atomic E-state index is 13.0. The van der Waals surface area contributed by atoms with Crippen LogP contribution in [0.1, 0.15) is 167 Å². The summed E-state index contributed by atoms with van der Waals surface area (Å²) in [6.45, 7) is 12.5. The van der Waals surface area contributed by atoms with E-state index >= 15 is 0 Å². The van der Waals surface area contributed by atoms with Gasteiger partial charge in [-0.05, 0) is 152 Å². The molecule has 0 spiro atoms. The van der Waals surface area contributed by atoms with Crippen LogP contribution in [0, 0.1) is 56.5 Å². The van der Waals surface area contributed by atoms with Gasteiger partial charge in [-0.15, -0.1) is 0 Å². The molecule has 7 rings (SSSR count). The average Bonchev–Trinajstić information content (AvgIpc) is 3.65. The number of benzene rings is 3. The van der Waals surface area contributed by atoms with Crippen LogP contribution in [0.15, 0.2) is 84.4 Å². The van der Waals surface area contributed by atoms with E-state index < -0.39 is 10.9 Å². The smallest absolute Gasteiger partial charge is 0.343 e. The van der Waals surface area contributed by atoms with Crippen LogP contribution >= 0.6 is 0 Å². The third-order valence-electron chi connectivity index (χ3n) is 16.4. The lowest BCUT2D eigenvalue weighted by Gasteiger charge is -2.58. The molecule has 3 fully saturated rings. The van der Waals surface area contributed by atoms with Crippen molar-refractivity contribution in [3.05, 3.63) is 100 Å². The summed E-state index contributed by atoms with van der Waals surface area (Å²) in [5.74, 6) is 4.90. The van der Waals surface area contributed by atoms with Gasteiger partial charge in [0.2, 0.25) is 0 Å². The van der Waals surface area contributed by atoms with Gasteiger partial charge >= 0.3 is 17.9 Å². The molecule has 8 atom stereocenters. The van der Waals surface area contributed by atoms with Crippen LogP contribution in [-0.4, -0.2) is 28.9 Å². The summed E-state index contributed by atoms with van der Waals surface area (Å²) in [6, 6.07) is 19.5. The summed E-state index contributed by atoms with van der Waals surface area (Å²) in [7, 11) is 0. The highest BCUT2D eigenvalue weighted by atomic mass is 16.6. The van der Waals surface area contributed by atoms with E-state index in [1.54, 1.807) is 29.8 Å². The van der Waals surface area contributed by atoms with Gasteiger partial charge < -0.3 is 14.2 Å². The number of non-ortho nitro benzene ring substituents is 1. The molecule has 0 saturated heterocycles. The van der Waals surface area contributed by atoms with Crippen LogP contribution in [0.25, 0.3) is 11.1 Å². The van der Waals surface area contributed by atoms with E-state index in [0.717, 1.165) is 104 Å². The van der Waals surface area contributed by atoms with Crippen molar-refractivity contribution in [1.82, 2.24) is 0 Å². The maximum absolute atomic E-state index is 13.0. The van der Waals surface area contributed by atoms with E-state index in [4.69, 9.17) is 14.2 Å². The second-order valence-corrected chi connectivity index (χ2v) is 21.0. The van der Waals surface area contributed by atoms with Crippen molar-refractivity contribution >= 4 is 23.6 Å². The molecule has 3 aromatic carbocycles. The number of ether oxygens (including phenoxy) is 3. The maximum Gasteiger partial charge on any atom is 0.343 e. The molecule has 65 heavy (non-hydrogen) atoms. The zero-order valence-electron chi connectivity index (χ0n) is 39.7. The monoisotopic (exact) mass is 888 g/mol. The number of esters is 3. The molecule has 0 radical (unpaired) electrons. The van der Waals surface area contributed by atoms with Crippen LogP contribution in [-0.2, 0) is 14.3 Å². The van der Waals surface area contributed by atoms with E-state index in [9.17, 15) is 24.5 Å². The molecule has 0 bridgehead atoms. The SMILES string of the molecule is CC(C)CCC[C@@H](C)[C@H]1CC[C@H]2[C@@H]3CC=C4CC(OC(=O)CCCCCCCCC(=O)Oc5ccc(-c6ccc(OC(=O)c7ccc([N+](=O)[O-])cc7)cc6)cc5)CC[C@]4(C)[C@H]3CC[C@]12C. The summed E-state index contributed by atoms with van der Waals surface area (Å²) in [5.41, 5.74) is 4.26. The Hall–Kier alpha value is -4.79. The Bertz CT molecular complexity index is 2130. The van der Waals surface area contributed by atoms with E-state index in [1.165, 1.54) is 75.6 Å². The van der Waals surface area contributed by atoms with Gasteiger partial charge in [-0.25, -0.2) is 4.79 Å². The lowest BCUT2D eigenvalue weighted by Crippen LogP contribution is -2.51. The predicted octanol–water partition coefficient (Wildman–Crippen LogP) is 14.5. The predicted molar refractivity (Wildman–Crippen MR) is 255 cm³/mol. The van der Waals surface area contributed by atoms with Crippen molar-refractivity contribution < 1.29 is 33.5 Å². The molecule has 4 aliphatic carbocycles. The fourth-order valence-electron chi connectivity index (χ4n) is 12.7. The summed E-state index contributed by atoms with van der Waals surface area (Å²) in [4.78, 5) is 48.3. The molecule has 3 saturated carbocycles. The third kappa shape index (κ3) is 11.8. The van der Waals surface area contributed by atoms with Crippen molar-refractivity contribution in [2.45, 2.75) is 163 Å². The lowest BCUT2D eigenvalue weighted by molar-refractivity contribution is -0.384. The van der Waals surface area contributed by atoms with Gasteiger partial charge in [0.05, 0.1) is 10.5 Å². The Kier molecular flexibility index (Phi) is 16.1. The quantitative estimate of drug-likeness (QED) is 0.0274. The Balaban J connectivity index is 0.745. The molecule has 0 amide bonds. The second-order valence-electron chi connectivity index (χ2n) is 21.0. The number of unbranched alkanes of at least 4 members (excludes halogenated alkanes) is 5. The number of carbonyl (C=O) groups is 3. The normalized spacial score (nSPS) is 26.2. The Morgan fingerprint density at radius 2 is 1.31 bits per heavy atom. The lowest BCUT2D eigenvalue weighted by atomic mass is 9.47. The molecule has 4 aliphatic rings. The van der Waals surface area contributed by atoms with Crippen molar-refractivity contribution in [2.24, 2.45) is 46.3 Å². The van der Waals surface area contributed by atoms with Gasteiger partial charge in [0, 0.05) is 31.4 Å². The molecular formula is C56H73NO8. The fraction of sp³-hybridized carbons (Fsp3) is 0.589. The van der Waals surface area contributed by atoms with E-state index in [0.29, 0.717) is 29.8 Å². The molecule has 0 N–H and O–H groups in total. The summed E-state index contributed by atoms with van der Waals surface area (Å²) in [6.07, 6.45) is 23.0. The minimum atomic E-state index is -0.607. The van der Waals surface area contributed by atoms with Crippen LogP contribution in [0.5, 0.6) is 11.5 Å². The Labute approximate surface area is 387 Å². The molecule has 9 heteroatoms. The highest BCUT2D eigenvalue weighted by molar-refractivity contribution is 5.91. The Morgan fingerprint density at radius 3 is 1.94 bits per heavy atom. The van der Waals surface area contributed by atoms with Gasteiger partial charge in [0.15, 0.2) is 0 Å². The summed E-state index contributed by atoms with van der Waals surface area (Å²) in [5, 5.41) is 10.9. The van der Waals surface area contributed by atoms with Crippen LogP contribution < -0.4 is 9.47 Å². The van der Waals surface area contributed by atoms with Crippen molar-refractivity contribution in [1.29, 1.82) is 0 Å². The molecule has 1 unspecified atom stereocenters.